The second-order valence-corrected chi connectivity index (χ2v) is 5.64. The van der Waals surface area contributed by atoms with Crippen LogP contribution in [-0.2, 0) is 6.42 Å². The minimum absolute atomic E-state index is 0.300. The zero-order valence-corrected chi connectivity index (χ0v) is 12.2. The van der Waals surface area contributed by atoms with E-state index in [0.717, 1.165) is 25.9 Å². The fourth-order valence-electron chi connectivity index (χ4n) is 2.40. The highest BCUT2D eigenvalue weighted by Crippen LogP contribution is 2.19. The van der Waals surface area contributed by atoms with Crippen molar-refractivity contribution in [3.8, 4) is 0 Å². The molecule has 108 valence electrons. The Kier molecular flexibility index (Phi) is 7.00. The first-order valence-electron chi connectivity index (χ1n) is 7.17. The summed E-state index contributed by atoms with van der Waals surface area (Å²) in [5.74, 6) is 0.250. The van der Waals surface area contributed by atoms with Crippen LogP contribution in [0, 0.1) is 23.5 Å². The van der Waals surface area contributed by atoms with Crippen molar-refractivity contribution >= 4 is 0 Å². The van der Waals surface area contributed by atoms with Crippen LogP contribution in [0.1, 0.15) is 39.2 Å². The third-order valence-electron chi connectivity index (χ3n) is 3.18. The van der Waals surface area contributed by atoms with Gasteiger partial charge in [-0.3, -0.25) is 0 Å². The van der Waals surface area contributed by atoms with E-state index in [9.17, 15) is 8.78 Å². The van der Waals surface area contributed by atoms with Crippen molar-refractivity contribution in [2.24, 2.45) is 11.8 Å². The Morgan fingerprint density at radius 2 is 1.95 bits per heavy atom. The molecular weight excluding hydrogens is 244 g/mol. The molecule has 0 saturated heterocycles. The summed E-state index contributed by atoms with van der Waals surface area (Å²) in [6.07, 6.45) is 2.70. The quantitative estimate of drug-likeness (QED) is 0.698. The van der Waals surface area contributed by atoms with Gasteiger partial charge < -0.3 is 5.32 Å². The van der Waals surface area contributed by atoms with E-state index in [0.29, 0.717) is 23.8 Å². The molecule has 0 heterocycles. The first-order valence-corrected chi connectivity index (χ1v) is 7.17. The Balaban J connectivity index is 2.66. The number of benzene rings is 1. The van der Waals surface area contributed by atoms with E-state index in [2.05, 4.69) is 26.1 Å². The van der Waals surface area contributed by atoms with Crippen molar-refractivity contribution in [1.29, 1.82) is 0 Å². The van der Waals surface area contributed by atoms with Crippen LogP contribution in [0.4, 0.5) is 8.78 Å². The maximum absolute atomic E-state index is 13.7. The molecule has 1 N–H and O–H groups in total. The Morgan fingerprint density at radius 1 is 1.21 bits per heavy atom. The highest BCUT2D eigenvalue weighted by Gasteiger charge is 2.14. The molecule has 1 atom stereocenters. The van der Waals surface area contributed by atoms with Gasteiger partial charge in [0, 0.05) is 0 Å². The van der Waals surface area contributed by atoms with Gasteiger partial charge in [-0.25, -0.2) is 8.78 Å². The molecular formula is C16H25F2N. The molecule has 3 heteroatoms. The van der Waals surface area contributed by atoms with Crippen molar-refractivity contribution in [3.05, 3.63) is 35.4 Å². The fraction of sp³-hybridized carbons (Fsp3) is 0.625. The van der Waals surface area contributed by atoms with E-state index in [1.165, 1.54) is 18.2 Å². The number of nitrogens with one attached hydrogen (secondary N) is 1. The van der Waals surface area contributed by atoms with Crippen LogP contribution >= 0.6 is 0 Å². The maximum atomic E-state index is 13.7. The van der Waals surface area contributed by atoms with Crippen LogP contribution < -0.4 is 5.32 Å². The average molecular weight is 269 g/mol. The first-order chi connectivity index (χ1) is 9.02. The molecule has 1 aromatic rings. The Labute approximate surface area is 115 Å². The molecule has 0 radical (unpaired) electrons. The number of hydrogen-bond acceptors (Lipinski definition) is 1. The first kappa shape index (κ1) is 16.1. The van der Waals surface area contributed by atoms with E-state index in [4.69, 9.17) is 0 Å². The summed E-state index contributed by atoms with van der Waals surface area (Å²) in [5, 5.41) is 3.38. The van der Waals surface area contributed by atoms with Crippen LogP contribution in [0.15, 0.2) is 18.2 Å². The van der Waals surface area contributed by atoms with Gasteiger partial charge in [-0.15, -0.1) is 0 Å². The largest absolute Gasteiger partial charge is 0.316 e. The van der Waals surface area contributed by atoms with Crippen molar-refractivity contribution in [2.75, 3.05) is 13.1 Å². The maximum Gasteiger partial charge on any atom is 0.126 e. The van der Waals surface area contributed by atoms with Gasteiger partial charge in [0.2, 0.25) is 0 Å². The topological polar surface area (TPSA) is 12.0 Å². The van der Waals surface area contributed by atoms with Gasteiger partial charge in [0.1, 0.15) is 11.6 Å². The summed E-state index contributed by atoms with van der Waals surface area (Å²) < 4.78 is 26.9. The van der Waals surface area contributed by atoms with Crippen molar-refractivity contribution in [1.82, 2.24) is 5.32 Å². The van der Waals surface area contributed by atoms with Gasteiger partial charge >= 0.3 is 0 Å². The standard InChI is InChI=1S/C16H25F2N/c1-4-7-19-11-13(8-12(2)3)9-14-10-15(17)5-6-16(14)18/h5-6,10,12-13,19H,4,7-9,11H2,1-3H3. The zero-order valence-electron chi connectivity index (χ0n) is 12.2. The third-order valence-corrected chi connectivity index (χ3v) is 3.18. The van der Waals surface area contributed by atoms with Gasteiger partial charge in [0.15, 0.2) is 0 Å². The normalized spacial score (nSPS) is 12.9. The molecule has 0 amide bonds. The van der Waals surface area contributed by atoms with E-state index >= 15 is 0 Å². The highest BCUT2D eigenvalue weighted by molar-refractivity contribution is 5.19. The number of rotatable bonds is 8. The average Bonchev–Trinajstić information content (AvgIpc) is 2.33. The Morgan fingerprint density at radius 3 is 2.58 bits per heavy atom. The van der Waals surface area contributed by atoms with Crippen LogP contribution in [-0.4, -0.2) is 13.1 Å². The smallest absolute Gasteiger partial charge is 0.126 e. The molecule has 0 aliphatic rings. The molecule has 0 aromatic heterocycles. The molecule has 0 saturated carbocycles. The lowest BCUT2D eigenvalue weighted by Gasteiger charge is -2.20. The van der Waals surface area contributed by atoms with Gasteiger partial charge in [-0.1, -0.05) is 20.8 Å². The molecule has 0 fully saturated rings. The Hall–Kier alpha value is -0.960. The number of halogens is 2. The second-order valence-electron chi connectivity index (χ2n) is 5.64. The van der Waals surface area contributed by atoms with Gasteiger partial charge in [-0.05, 0) is 68.0 Å². The predicted molar refractivity (Wildman–Crippen MR) is 76.2 cm³/mol. The van der Waals surface area contributed by atoms with E-state index in [1.807, 2.05) is 0 Å². The summed E-state index contributed by atoms with van der Waals surface area (Å²) >= 11 is 0. The van der Waals surface area contributed by atoms with Crippen molar-refractivity contribution in [2.45, 2.75) is 40.0 Å². The van der Waals surface area contributed by atoms with Crippen molar-refractivity contribution < 1.29 is 8.78 Å². The summed E-state index contributed by atoms with van der Waals surface area (Å²) in [6.45, 7) is 8.28. The lowest BCUT2D eigenvalue weighted by molar-refractivity contribution is 0.380. The van der Waals surface area contributed by atoms with Gasteiger partial charge in [-0.2, -0.15) is 0 Å². The van der Waals surface area contributed by atoms with Crippen LogP contribution in [0.2, 0.25) is 0 Å². The molecule has 19 heavy (non-hydrogen) atoms. The summed E-state index contributed by atoms with van der Waals surface area (Å²) in [7, 11) is 0. The van der Waals surface area contributed by atoms with Crippen LogP contribution in [0.25, 0.3) is 0 Å². The lowest BCUT2D eigenvalue weighted by Crippen LogP contribution is -2.26. The molecule has 1 aromatic carbocycles. The van der Waals surface area contributed by atoms with Gasteiger partial charge in [0.05, 0.1) is 0 Å². The van der Waals surface area contributed by atoms with E-state index in [1.54, 1.807) is 0 Å². The van der Waals surface area contributed by atoms with E-state index < -0.39 is 0 Å². The predicted octanol–water partition coefficient (Wildman–Crippen LogP) is 4.17. The van der Waals surface area contributed by atoms with Gasteiger partial charge in [0.25, 0.3) is 0 Å². The van der Waals surface area contributed by atoms with Crippen molar-refractivity contribution in [3.63, 3.8) is 0 Å². The molecule has 0 spiro atoms. The minimum Gasteiger partial charge on any atom is -0.316 e. The Bertz CT molecular complexity index is 377. The molecule has 0 aliphatic heterocycles. The lowest BCUT2D eigenvalue weighted by atomic mass is 9.90. The highest BCUT2D eigenvalue weighted by atomic mass is 19.1. The van der Waals surface area contributed by atoms with E-state index in [-0.39, 0.29) is 11.6 Å². The molecule has 1 rings (SSSR count). The zero-order chi connectivity index (χ0) is 14.3. The monoisotopic (exact) mass is 269 g/mol. The molecule has 0 bridgehead atoms. The SMILES string of the molecule is CCCNCC(Cc1cc(F)ccc1F)CC(C)C. The summed E-state index contributed by atoms with van der Waals surface area (Å²) in [6, 6.07) is 3.71. The van der Waals surface area contributed by atoms with Crippen LogP contribution in [0.5, 0.6) is 0 Å². The number of hydrogen-bond donors (Lipinski definition) is 1. The van der Waals surface area contributed by atoms with Crippen LogP contribution in [0.3, 0.4) is 0 Å². The molecule has 1 unspecified atom stereocenters. The summed E-state index contributed by atoms with van der Waals surface area (Å²) in [5.41, 5.74) is 0.490. The third kappa shape index (κ3) is 6.15. The minimum atomic E-state index is -0.360. The second kappa shape index (κ2) is 8.26. The molecule has 1 nitrogen and oxygen atoms in total. The molecule has 0 aliphatic carbocycles. The fourth-order valence-corrected chi connectivity index (χ4v) is 2.40. The summed E-state index contributed by atoms with van der Waals surface area (Å²) in [4.78, 5) is 0.